The average Bonchev–Trinajstić information content (AvgIpc) is 2.80. The normalized spacial score (nSPS) is 10.8. The molecule has 17 heavy (non-hydrogen) atoms. The smallest absolute Gasteiger partial charge is 0.358 e. The van der Waals surface area contributed by atoms with E-state index < -0.39 is 4.92 Å². The number of aryl methyl sites for hydroxylation is 2. The summed E-state index contributed by atoms with van der Waals surface area (Å²) >= 11 is 6.07. The highest BCUT2D eigenvalue weighted by atomic mass is 35.5. The molecule has 0 N–H and O–H groups in total. The van der Waals surface area contributed by atoms with Gasteiger partial charge in [0.05, 0.1) is 12.2 Å². The Balaban J connectivity index is 2.28. The molecule has 2 aromatic heterocycles. The molecule has 2 aromatic rings. The molecule has 7 nitrogen and oxygen atoms in total. The second-order valence-electron chi connectivity index (χ2n) is 3.64. The van der Waals surface area contributed by atoms with Gasteiger partial charge in [-0.15, -0.1) is 0 Å². The van der Waals surface area contributed by atoms with Crippen molar-refractivity contribution in [3.8, 4) is 0 Å². The van der Waals surface area contributed by atoms with E-state index in [9.17, 15) is 10.1 Å². The second kappa shape index (κ2) is 4.17. The maximum absolute atomic E-state index is 10.5. The molecule has 0 saturated heterocycles. The van der Waals surface area contributed by atoms with E-state index in [0.29, 0.717) is 11.7 Å². The Morgan fingerprint density at radius 2 is 2.29 bits per heavy atom. The minimum absolute atomic E-state index is 0.178. The van der Waals surface area contributed by atoms with Crippen LogP contribution in [0.2, 0.25) is 5.15 Å². The van der Waals surface area contributed by atoms with Crippen molar-refractivity contribution in [2.24, 2.45) is 7.05 Å². The SMILES string of the molecule is Cc1nn(C)c(Cl)c1Cn1cnc([N+](=O)[O-])c1. The molecule has 0 bridgehead atoms. The number of rotatable bonds is 3. The van der Waals surface area contributed by atoms with Crippen LogP contribution >= 0.6 is 11.6 Å². The van der Waals surface area contributed by atoms with E-state index in [1.165, 1.54) is 12.5 Å². The average molecular weight is 256 g/mol. The first kappa shape index (κ1) is 11.6. The number of aromatic nitrogens is 4. The molecular formula is C9H10ClN5O2. The van der Waals surface area contributed by atoms with Gasteiger partial charge in [0.25, 0.3) is 0 Å². The summed E-state index contributed by atoms with van der Waals surface area (Å²) in [5.74, 6) is -0.178. The van der Waals surface area contributed by atoms with E-state index in [1.807, 2.05) is 6.92 Å². The molecule has 0 spiro atoms. The molecule has 90 valence electrons. The monoisotopic (exact) mass is 255 g/mol. The van der Waals surface area contributed by atoms with Crippen molar-refractivity contribution >= 4 is 17.4 Å². The first-order chi connectivity index (χ1) is 7.99. The molecule has 0 radical (unpaired) electrons. The first-order valence-corrected chi connectivity index (χ1v) is 5.21. The van der Waals surface area contributed by atoms with E-state index in [2.05, 4.69) is 10.1 Å². The van der Waals surface area contributed by atoms with Crippen LogP contribution in [-0.2, 0) is 13.6 Å². The molecule has 0 aliphatic rings. The summed E-state index contributed by atoms with van der Waals surface area (Å²) in [4.78, 5) is 13.6. The highest BCUT2D eigenvalue weighted by molar-refractivity contribution is 6.30. The first-order valence-electron chi connectivity index (χ1n) is 4.83. The quantitative estimate of drug-likeness (QED) is 0.615. The van der Waals surface area contributed by atoms with Gasteiger partial charge < -0.3 is 14.7 Å². The van der Waals surface area contributed by atoms with Crippen LogP contribution < -0.4 is 0 Å². The highest BCUT2D eigenvalue weighted by Crippen LogP contribution is 2.20. The predicted molar refractivity (Wildman–Crippen MR) is 60.9 cm³/mol. The summed E-state index contributed by atoms with van der Waals surface area (Å²) in [6, 6.07) is 0. The van der Waals surface area contributed by atoms with Crippen molar-refractivity contribution in [1.82, 2.24) is 19.3 Å². The van der Waals surface area contributed by atoms with Crippen LogP contribution in [0, 0.1) is 17.0 Å². The third-order valence-corrected chi connectivity index (χ3v) is 2.89. The number of nitrogens with zero attached hydrogens (tertiary/aromatic N) is 5. The van der Waals surface area contributed by atoms with Crippen LogP contribution in [0.25, 0.3) is 0 Å². The molecular weight excluding hydrogens is 246 g/mol. The third kappa shape index (κ3) is 2.14. The van der Waals surface area contributed by atoms with E-state index >= 15 is 0 Å². The lowest BCUT2D eigenvalue weighted by Gasteiger charge is -1.99. The van der Waals surface area contributed by atoms with Gasteiger partial charge in [-0.3, -0.25) is 4.68 Å². The van der Waals surface area contributed by atoms with E-state index in [4.69, 9.17) is 11.6 Å². The second-order valence-corrected chi connectivity index (χ2v) is 4.00. The van der Waals surface area contributed by atoms with Gasteiger partial charge in [0.2, 0.25) is 6.33 Å². The summed E-state index contributed by atoms with van der Waals surface area (Å²) < 4.78 is 3.17. The number of imidazole rings is 1. The van der Waals surface area contributed by atoms with Gasteiger partial charge in [-0.25, -0.2) is 0 Å². The molecule has 0 aliphatic carbocycles. The van der Waals surface area contributed by atoms with Crippen LogP contribution in [0.1, 0.15) is 11.3 Å². The Labute approximate surface area is 102 Å². The lowest BCUT2D eigenvalue weighted by Crippen LogP contribution is -1.98. The van der Waals surface area contributed by atoms with Gasteiger partial charge >= 0.3 is 5.82 Å². The van der Waals surface area contributed by atoms with Gasteiger partial charge in [-0.1, -0.05) is 11.6 Å². The van der Waals surface area contributed by atoms with Crippen LogP contribution in [0.4, 0.5) is 5.82 Å². The van der Waals surface area contributed by atoms with Crippen molar-refractivity contribution in [2.75, 3.05) is 0 Å². The molecule has 0 aliphatic heterocycles. The Kier molecular flexibility index (Phi) is 2.84. The minimum atomic E-state index is -0.534. The fourth-order valence-electron chi connectivity index (χ4n) is 1.57. The van der Waals surface area contributed by atoms with E-state index in [0.717, 1.165) is 11.3 Å². The molecule has 0 fully saturated rings. The number of hydrogen-bond donors (Lipinski definition) is 0. The summed E-state index contributed by atoms with van der Waals surface area (Å²) in [7, 11) is 1.75. The van der Waals surface area contributed by atoms with Crippen LogP contribution in [-0.4, -0.2) is 24.3 Å². The zero-order valence-corrected chi connectivity index (χ0v) is 10.0. The molecule has 8 heteroatoms. The molecule has 2 heterocycles. The molecule has 2 rings (SSSR count). The largest absolute Gasteiger partial charge is 0.381 e. The highest BCUT2D eigenvalue weighted by Gasteiger charge is 2.15. The Bertz CT molecular complexity index is 574. The van der Waals surface area contributed by atoms with Gasteiger partial charge in [-0.05, 0) is 16.8 Å². The van der Waals surface area contributed by atoms with Crippen LogP contribution in [0.3, 0.4) is 0 Å². The van der Waals surface area contributed by atoms with Crippen molar-refractivity contribution in [3.63, 3.8) is 0 Å². The van der Waals surface area contributed by atoms with Crippen LogP contribution in [0.5, 0.6) is 0 Å². The lowest BCUT2D eigenvalue weighted by atomic mass is 10.2. The Hall–Kier alpha value is -1.89. The zero-order valence-electron chi connectivity index (χ0n) is 9.29. The summed E-state index contributed by atoms with van der Waals surface area (Å²) in [6.07, 6.45) is 2.77. The maximum atomic E-state index is 10.5. The molecule has 0 aromatic carbocycles. The van der Waals surface area contributed by atoms with Gasteiger partial charge in [-0.2, -0.15) is 5.10 Å². The maximum Gasteiger partial charge on any atom is 0.381 e. The van der Waals surface area contributed by atoms with Gasteiger partial charge in [0.15, 0.2) is 0 Å². The van der Waals surface area contributed by atoms with E-state index in [1.54, 1.807) is 16.3 Å². The van der Waals surface area contributed by atoms with Crippen molar-refractivity contribution < 1.29 is 4.92 Å². The number of hydrogen-bond acceptors (Lipinski definition) is 4. The summed E-state index contributed by atoms with van der Waals surface area (Å²) in [6.45, 7) is 2.26. The summed E-state index contributed by atoms with van der Waals surface area (Å²) in [5.41, 5.74) is 1.63. The predicted octanol–water partition coefficient (Wildman–Crippen LogP) is 1.53. The molecule has 0 atom stereocenters. The fourth-order valence-corrected chi connectivity index (χ4v) is 1.80. The summed E-state index contributed by atoms with van der Waals surface area (Å²) in [5, 5.41) is 15.2. The van der Waals surface area contributed by atoms with Gasteiger partial charge in [0.1, 0.15) is 11.3 Å². The topological polar surface area (TPSA) is 78.8 Å². The standard InChI is InChI=1S/C9H10ClN5O2/c1-6-7(9(10)13(2)12-6)3-14-4-8(11-5-14)15(16)17/h4-5H,3H2,1-2H3. The molecule has 0 saturated carbocycles. The van der Waals surface area contributed by atoms with Crippen molar-refractivity contribution in [1.29, 1.82) is 0 Å². The third-order valence-electron chi connectivity index (χ3n) is 2.42. The molecule has 0 amide bonds. The fraction of sp³-hybridized carbons (Fsp3) is 0.333. The number of halogens is 1. The number of nitro groups is 1. The van der Waals surface area contributed by atoms with E-state index in [-0.39, 0.29) is 5.82 Å². The lowest BCUT2D eigenvalue weighted by molar-refractivity contribution is -0.389. The molecule has 0 unspecified atom stereocenters. The Morgan fingerprint density at radius 1 is 1.59 bits per heavy atom. The van der Waals surface area contributed by atoms with Gasteiger partial charge in [0, 0.05) is 12.6 Å². The van der Waals surface area contributed by atoms with Crippen molar-refractivity contribution in [3.05, 3.63) is 39.0 Å². The van der Waals surface area contributed by atoms with Crippen LogP contribution in [0.15, 0.2) is 12.5 Å². The Morgan fingerprint density at radius 3 is 2.76 bits per heavy atom. The minimum Gasteiger partial charge on any atom is -0.358 e. The van der Waals surface area contributed by atoms with Crippen molar-refractivity contribution in [2.45, 2.75) is 13.5 Å². The zero-order chi connectivity index (χ0) is 12.6.